The van der Waals surface area contributed by atoms with Crippen molar-refractivity contribution in [3.05, 3.63) is 0 Å². The van der Waals surface area contributed by atoms with E-state index >= 15 is 0 Å². The average Bonchev–Trinajstić information content (AvgIpc) is 1.84. The van der Waals surface area contributed by atoms with Gasteiger partial charge in [0.15, 0.2) is 0 Å². The summed E-state index contributed by atoms with van der Waals surface area (Å²) in [4.78, 5) is 20.3. The predicted molar refractivity (Wildman–Crippen MR) is 36.4 cm³/mol. The Hall–Kier alpha value is -1.14. The number of aliphatic hydroxyl groups excluding tert-OH is 2. The molecule has 0 aromatic heterocycles. The van der Waals surface area contributed by atoms with Crippen molar-refractivity contribution in [1.82, 2.24) is 0 Å². The van der Waals surface area contributed by atoms with Crippen molar-refractivity contribution in [2.75, 3.05) is 0 Å². The van der Waals surface area contributed by atoms with Gasteiger partial charge in [-0.2, -0.15) is 0 Å². The maximum atomic E-state index is 10.5. The molecule has 0 rings (SSSR count). The first kappa shape index (κ1) is 10.9. The fraction of sp³-hybridized carbons (Fsp3) is 0.667. The third-order valence-electron chi connectivity index (χ3n) is 1.13. The van der Waals surface area contributed by atoms with Crippen molar-refractivity contribution in [3.8, 4) is 0 Å². The van der Waals surface area contributed by atoms with Crippen LogP contribution in [0.1, 0.15) is 13.3 Å². The molecule has 0 bridgehead atoms. The zero-order chi connectivity index (χ0) is 9.72. The molecule has 0 amide bonds. The van der Waals surface area contributed by atoms with Gasteiger partial charge in [-0.1, -0.05) is 0 Å². The molecular formula is C6H10O6. The van der Waals surface area contributed by atoms with Gasteiger partial charge in [-0.05, 0) is 6.92 Å². The number of carbonyl (C=O) groups is 2. The van der Waals surface area contributed by atoms with Gasteiger partial charge in [-0.3, -0.25) is 4.79 Å². The lowest BCUT2D eigenvalue weighted by Gasteiger charge is -2.10. The minimum Gasteiger partial charge on any atom is -0.449 e. The van der Waals surface area contributed by atoms with Gasteiger partial charge < -0.3 is 20.1 Å². The van der Waals surface area contributed by atoms with Crippen LogP contribution in [0.25, 0.3) is 0 Å². The van der Waals surface area contributed by atoms with Crippen LogP contribution in [0.15, 0.2) is 0 Å². The van der Waals surface area contributed by atoms with Crippen LogP contribution in [0.5, 0.6) is 0 Å². The summed E-state index contributed by atoms with van der Waals surface area (Å²) in [5.74, 6) is -1.09. The highest BCUT2D eigenvalue weighted by atomic mass is 16.7. The molecular weight excluding hydrogens is 168 g/mol. The SMILES string of the molecule is CC(O)C(O)CC(=O)OC(=O)O. The summed E-state index contributed by atoms with van der Waals surface area (Å²) in [5, 5.41) is 25.5. The third-order valence-corrected chi connectivity index (χ3v) is 1.13. The van der Waals surface area contributed by atoms with E-state index in [1.165, 1.54) is 6.92 Å². The number of carboxylic acid groups (broad SMARTS) is 1. The van der Waals surface area contributed by atoms with Crippen LogP contribution >= 0.6 is 0 Å². The first-order valence-corrected chi connectivity index (χ1v) is 3.23. The zero-order valence-electron chi connectivity index (χ0n) is 6.43. The Morgan fingerprint density at radius 3 is 2.25 bits per heavy atom. The van der Waals surface area contributed by atoms with E-state index in [0.29, 0.717) is 0 Å². The lowest BCUT2D eigenvalue weighted by atomic mass is 10.2. The van der Waals surface area contributed by atoms with Crippen molar-refractivity contribution in [1.29, 1.82) is 0 Å². The molecule has 12 heavy (non-hydrogen) atoms. The summed E-state index contributed by atoms with van der Waals surface area (Å²) in [6.07, 6.45) is -4.65. The second kappa shape index (κ2) is 4.68. The molecule has 0 aromatic carbocycles. The smallest absolute Gasteiger partial charge is 0.449 e. The fourth-order valence-corrected chi connectivity index (χ4v) is 0.480. The second-order valence-corrected chi connectivity index (χ2v) is 2.25. The molecule has 0 spiro atoms. The molecule has 0 saturated heterocycles. The van der Waals surface area contributed by atoms with E-state index in [1.807, 2.05) is 0 Å². The lowest BCUT2D eigenvalue weighted by molar-refractivity contribution is -0.142. The van der Waals surface area contributed by atoms with Crippen molar-refractivity contribution in [2.24, 2.45) is 0 Å². The van der Waals surface area contributed by atoms with Gasteiger partial charge in [0.2, 0.25) is 0 Å². The summed E-state index contributed by atoms with van der Waals surface area (Å²) >= 11 is 0. The molecule has 3 N–H and O–H groups in total. The van der Waals surface area contributed by atoms with Crippen LogP contribution in [-0.2, 0) is 9.53 Å². The molecule has 2 unspecified atom stereocenters. The van der Waals surface area contributed by atoms with E-state index in [0.717, 1.165) is 0 Å². The van der Waals surface area contributed by atoms with Crippen molar-refractivity contribution >= 4 is 12.1 Å². The van der Waals surface area contributed by atoms with E-state index in [9.17, 15) is 9.59 Å². The second-order valence-electron chi connectivity index (χ2n) is 2.25. The van der Waals surface area contributed by atoms with Crippen LogP contribution in [0, 0.1) is 0 Å². The van der Waals surface area contributed by atoms with Crippen molar-refractivity contribution < 1.29 is 29.6 Å². The minimum absolute atomic E-state index is 0.538. The number of hydrogen-bond donors (Lipinski definition) is 3. The van der Waals surface area contributed by atoms with Gasteiger partial charge in [-0.25, -0.2) is 4.79 Å². The summed E-state index contributed by atoms with van der Waals surface area (Å²) in [7, 11) is 0. The molecule has 0 saturated carbocycles. The average molecular weight is 178 g/mol. The van der Waals surface area contributed by atoms with Crippen LogP contribution < -0.4 is 0 Å². The Labute approximate surface area is 68.4 Å². The van der Waals surface area contributed by atoms with E-state index < -0.39 is 30.8 Å². The highest BCUT2D eigenvalue weighted by Crippen LogP contribution is 1.99. The summed E-state index contributed by atoms with van der Waals surface area (Å²) in [6, 6.07) is 0. The molecule has 2 atom stereocenters. The third kappa shape index (κ3) is 4.64. The van der Waals surface area contributed by atoms with E-state index in [-0.39, 0.29) is 0 Å². The van der Waals surface area contributed by atoms with Crippen molar-refractivity contribution in [2.45, 2.75) is 25.6 Å². The lowest BCUT2D eigenvalue weighted by Crippen LogP contribution is -2.27. The van der Waals surface area contributed by atoms with Gasteiger partial charge >= 0.3 is 12.1 Å². The van der Waals surface area contributed by atoms with Gasteiger partial charge in [0.25, 0.3) is 0 Å². The maximum Gasteiger partial charge on any atom is 0.513 e. The van der Waals surface area contributed by atoms with Crippen LogP contribution in [0.3, 0.4) is 0 Å². The van der Waals surface area contributed by atoms with Crippen LogP contribution in [0.4, 0.5) is 4.79 Å². The zero-order valence-corrected chi connectivity index (χ0v) is 6.43. The molecule has 0 aliphatic rings. The Morgan fingerprint density at radius 1 is 1.42 bits per heavy atom. The number of esters is 1. The van der Waals surface area contributed by atoms with Gasteiger partial charge in [0.05, 0.1) is 18.6 Å². The topological polar surface area (TPSA) is 104 Å². The Morgan fingerprint density at radius 2 is 1.92 bits per heavy atom. The molecule has 6 heteroatoms. The van der Waals surface area contributed by atoms with Crippen molar-refractivity contribution in [3.63, 3.8) is 0 Å². The quantitative estimate of drug-likeness (QED) is 0.391. The largest absolute Gasteiger partial charge is 0.513 e. The van der Waals surface area contributed by atoms with Crippen LogP contribution in [0.2, 0.25) is 0 Å². The fourth-order valence-electron chi connectivity index (χ4n) is 0.480. The maximum absolute atomic E-state index is 10.5. The van der Waals surface area contributed by atoms with Gasteiger partial charge in [-0.15, -0.1) is 0 Å². The number of ether oxygens (including phenoxy) is 1. The first-order valence-electron chi connectivity index (χ1n) is 3.23. The summed E-state index contributed by atoms with van der Waals surface area (Å²) < 4.78 is 3.68. The number of hydrogen-bond acceptors (Lipinski definition) is 5. The number of rotatable bonds is 3. The molecule has 6 nitrogen and oxygen atoms in total. The molecule has 0 aliphatic heterocycles. The molecule has 0 aliphatic carbocycles. The molecule has 70 valence electrons. The highest BCUT2D eigenvalue weighted by Gasteiger charge is 2.18. The first-order chi connectivity index (χ1) is 5.43. The van der Waals surface area contributed by atoms with Crippen LogP contribution in [-0.4, -0.2) is 39.7 Å². The monoisotopic (exact) mass is 178 g/mol. The van der Waals surface area contributed by atoms with E-state index in [1.54, 1.807) is 0 Å². The van der Waals surface area contributed by atoms with E-state index in [4.69, 9.17) is 15.3 Å². The molecule has 0 aromatic rings. The highest BCUT2D eigenvalue weighted by molar-refractivity contribution is 5.81. The molecule has 0 fully saturated rings. The standard InChI is InChI=1S/C6H10O6/c1-3(7)4(8)2-5(9)12-6(10)11/h3-4,7-8H,2H2,1H3,(H,10,11). The number of aliphatic hydroxyl groups is 2. The van der Waals surface area contributed by atoms with Gasteiger partial charge in [0.1, 0.15) is 0 Å². The minimum atomic E-state index is -1.72. The summed E-state index contributed by atoms with van der Waals surface area (Å²) in [6.45, 7) is 1.28. The Balaban J connectivity index is 3.77. The Bertz CT molecular complexity index is 175. The summed E-state index contributed by atoms with van der Waals surface area (Å²) in [5.41, 5.74) is 0. The van der Waals surface area contributed by atoms with E-state index in [2.05, 4.69) is 4.74 Å². The number of carbonyl (C=O) groups excluding carboxylic acids is 1. The molecule has 0 heterocycles. The normalized spacial score (nSPS) is 14.9. The predicted octanol–water partition coefficient (Wildman–Crippen LogP) is -0.661. The van der Waals surface area contributed by atoms with Gasteiger partial charge in [0, 0.05) is 0 Å². The Kier molecular flexibility index (Phi) is 4.24. The molecule has 0 radical (unpaired) electrons.